The molecule has 0 unspecified atom stereocenters. The third-order valence-electron chi connectivity index (χ3n) is 2.44. The van der Waals surface area contributed by atoms with Crippen molar-refractivity contribution in [1.82, 2.24) is 15.3 Å². The zero-order chi connectivity index (χ0) is 12.3. The van der Waals surface area contributed by atoms with Crippen LogP contribution >= 0.6 is 0 Å². The van der Waals surface area contributed by atoms with E-state index < -0.39 is 0 Å². The number of hydrogen-bond acceptors (Lipinski definition) is 3. The Labute approximate surface area is 98.5 Å². The molecular weight excluding hydrogens is 218 g/mol. The highest BCUT2D eigenvalue weighted by atomic mass is 16.3. The first-order chi connectivity index (χ1) is 8.20. The van der Waals surface area contributed by atoms with Crippen LogP contribution in [0.25, 0.3) is 10.9 Å². The molecule has 1 radical (unpaired) electrons. The number of aliphatic hydroxyl groups excluding tert-OH is 1. The highest BCUT2D eigenvalue weighted by molar-refractivity contribution is 5.78. The number of nitrogens with one attached hydrogen (secondary N) is 1. The summed E-state index contributed by atoms with van der Waals surface area (Å²) in [5.41, 5.74) is 1.51. The Morgan fingerprint density at radius 2 is 2.29 bits per heavy atom. The van der Waals surface area contributed by atoms with Crippen LogP contribution in [0.5, 0.6) is 0 Å². The number of aliphatic hydroxyl groups is 1. The van der Waals surface area contributed by atoms with Gasteiger partial charge in [-0.2, -0.15) is 0 Å². The van der Waals surface area contributed by atoms with Crippen molar-refractivity contribution >= 4 is 10.9 Å². The first-order valence-corrected chi connectivity index (χ1v) is 5.44. The SMILES string of the molecule is Cc1nc2ccc(C[N]CCO)cc2c(=O)[nH]1. The summed E-state index contributed by atoms with van der Waals surface area (Å²) in [5, 5.41) is 13.3. The molecule has 0 amide bonds. The molecule has 2 N–H and O–H groups in total. The van der Waals surface area contributed by atoms with Crippen molar-refractivity contribution in [2.75, 3.05) is 13.2 Å². The zero-order valence-corrected chi connectivity index (χ0v) is 9.60. The van der Waals surface area contributed by atoms with Crippen LogP contribution in [0.4, 0.5) is 0 Å². The average molecular weight is 232 g/mol. The predicted octanol–water partition coefficient (Wildman–Crippen LogP) is 0.328. The number of rotatable bonds is 4. The summed E-state index contributed by atoms with van der Waals surface area (Å²) in [5.74, 6) is 0.611. The third-order valence-corrected chi connectivity index (χ3v) is 2.44. The standard InChI is InChI=1S/C12H14N3O2/c1-8-14-11-3-2-9(7-13-4-5-16)6-10(11)12(17)15-8/h2-3,6,16H,4-5,7H2,1H3,(H,14,15,17). The van der Waals surface area contributed by atoms with Gasteiger partial charge >= 0.3 is 0 Å². The van der Waals surface area contributed by atoms with Crippen LogP contribution in [0.2, 0.25) is 0 Å². The molecule has 0 saturated carbocycles. The van der Waals surface area contributed by atoms with Crippen LogP contribution in [0.3, 0.4) is 0 Å². The van der Waals surface area contributed by atoms with E-state index in [4.69, 9.17) is 5.11 Å². The largest absolute Gasteiger partial charge is 0.395 e. The number of hydrogen-bond donors (Lipinski definition) is 2. The molecule has 2 rings (SSSR count). The summed E-state index contributed by atoms with van der Waals surface area (Å²) in [4.78, 5) is 18.6. The topological polar surface area (TPSA) is 80.1 Å². The number of H-pyrrole nitrogens is 1. The monoisotopic (exact) mass is 232 g/mol. The van der Waals surface area contributed by atoms with Crippen molar-refractivity contribution in [3.8, 4) is 0 Å². The van der Waals surface area contributed by atoms with Crippen molar-refractivity contribution < 1.29 is 5.11 Å². The fourth-order valence-electron chi connectivity index (χ4n) is 1.68. The molecular formula is C12H14N3O2. The average Bonchev–Trinajstić information content (AvgIpc) is 2.30. The Bertz CT molecular complexity index is 577. The van der Waals surface area contributed by atoms with Crippen LogP contribution in [-0.4, -0.2) is 28.2 Å². The summed E-state index contributed by atoms with van der Waals surface area (Å²) in [6.45, 7) is 2.73. The summed E-state index contributed by atoms with van der Waals surface area (Å²) in [7, 11) is 0. The normalized spacial score (nSPS) is 10.9. The van der Waals surface area contributed by atoms with Crippen molar-refractivity contribution in [2.45, 2.75) is 13.5 Å². The van der Waals surface area contributed by atoms with Crippen LogP contribution in [0, 0.1) is 6.92 Å². The molecule has 1 heterocycles. The van der Waals surface area contributed by atoms with Crippen LogP contribution in [-0.2, 0) is 6.54 Å². The lowest BCUT2D eigenvalue weighted by molar-refractivity contribution is 0.290. The van der Waals surface area contributed by atoms with Gasteiger partial charge in [-0.15, -0.1) is 0 Å². The second-order valence-electron chi connectivity index (χ2n) is 3.83. The number of nitrogens with zero attached hydrogens (tertiary/aromatic N) is 2. The lowest BCUT2D eigenvalue weighted by Crippen LogP contribution is -2.12. The molecule has 5 nitrogen and oxygen atoms in total. The van der Waals surface area contributed by atoms with Gasteiger partial charge in [-0.25, -0.2) is 10.3 Å². The molecule has 0 spiro atoms. The quantitative estimate of drug-likeness (QED) is 0.745. The third kappa shape index (κ3) is 2.69. The number of aromatic nitrogens is 2. The Kier molecular flexibility index (Phi) is 3.51. The molecule has 0 saturated heterocycles. The summed E-state index contributed by atoms with van der Waals surface area (Å²) < 4.78 is 0. The number of aromatic amines is 1. The van der Waals surface area contributed by atoms with Crippen molar-refractivity contribution in [2.24, 2.45) is 0 Å². The Hall–Kier alpha value is -1.72. The summed E-state index contributed by atoms with van der Waals surface area (Å²) in [6, 6.07) is 5.51. The second-order valence-corrected chi connectivity index (χ2v) is 3.83. The van der Waals surface area contributed by atoms with Crippen LogP contribution in [0.15, 0.2) is 23.0 Å². The number of benzene rings is 1. The van der Waals surface area contributed by atoms with Gasteiger partial charge in [0.15, 0.2) is 0 Å². The van der Waals surface area contributed by atoms with Gasteiger partial charge in [0.25, 0.3) is 5.56 Å². The van der Waals surface area contributed by atoms with E-state index in [0.29, 0.717) is 29.8 Å². The van der Waals surface area contributed by atoms with Gasteiger partial charge < -0.3 is 10.1 Å². The Morgan fingerprint density at radius 3 is 3.06 bits per heavy atom. The predicted molar refractivity (Wildman–Crippen MR) is 64.9 cm³/mol. The number of fused-ring (bicyclic) bond motifs is 1. The summed E-state index contributed by atoms with van der Waals surface area (Å²) in [6.07, 6.45) is 0. The van der Waals surface area contributed by atoms with E-state index in [9.17, 15) is 4.79 Å². The minimum Gasteiger partial charge on any atom is -0.395 e. The molecule has 0 fully saturated rings. The lowest BCUT2D eigenvalue weighted by atomic mass is 10.1. The summed E-state index contributed by atoms with van der Waals surface area (Å²) >= 11 is 0. The molecule has 2 aromatic rings. The van der Waals surface area contributed by atoms with E-state index in [-0.39, 0.29) is 12.2 Å². The van der Waals surface area contributed by atoms with Gasteiger partial charge in [-0.05, 0) is 24.6 Å². The van der Waals surface area contributed by atoms with Crippen LogP contribution < -0.4 is 10.9 Å². The van der Waals surface area contributed by atoms with E-state index >= 15 is 0 Å². The van der Waals surface area contributed by atoms with E-state index in [1.165, 1.54) is 0 Å². The molecule has 0 aliphatic rings. The maximum absolute atomic E-state index is 11.7. The molecule has 0 aliphatic heterocycles. The van der Waals surface area contributed by atoms with Gasteiger partial charge in [0.2, 0.25) is 0 Å². The molecule has 17 heavy (non-hydrogen) atoms. The van der Waals surface area contributed by atoms with Crippen molar-refractivity contribution in [3.05, 3.63) is 39.9 Å². The molecule has 0 atom stereocenters. The van der Waals surface area contributed by atoms with Crippen molar-refractivity contribution in [1.29, 1.82) is 0 Å². The van der Waals surface area contributed by atoms with Gasteiger partial charge in [-0.3, -0.25) is 4.79 Å². The zero-order valence-electron chi connectivity index (χ0n) is 9.60. The molecule has 1 aromatic heterocycles. The molecule has 89 valence electrons. The lowest BCUT2D eigenvalue weighted by Gasteiger charge is -2.03. The van der Waals surface area contributed by atoms with E-state index in [2.05, 4.69) is 15.3 Å². The maximum atomic E-state index is 11.7. The Morgan fingerprint density at radius 1 is 1.47 bits per heavy atom. The van der Waals surface area contributed by atoms with E-state index in [0.717, 1.165) is 5.56 Å². The minimum atomic E-state index is -0.128. The first kappa shape index (κ1) is 11.8. The molecule has 0 aliphatic carbocycles. The van der Waals surface area contributed by atoms with E-state index in [1.54, 1.807) is 13.0 Å². The van der Waals surface area contributed by atoms with Gasteiger partial charge in [0.05, 0.1) is 17.5 Å². The maximum Gasteiger partial charge on any atom is 0.258 e. The molecule has 0 bridgehead atoms. The van der Waals surface area contributed by atoms with Crippen molar-refractivity contribution in [3.63, 3.8) is 0 Å². The molecule has 1 aromatic carbocycles. The highest BCUT2D eigenvalue weighted by Gasteiger charge is 2.03. The molecule has 5 heteroatoms. The fraction of sp³-hybridized carbons (Fsp3) is 0.333. The second kappa shape index (κ2) is 5.07. The van der Waals surface area contributed by atoms with E-state index in [1.807, 2.05) is 12.1 Å². The van der Waals surface area contributed by atoms with Gasteiger partial charge in [-0.1, -0.05) is 6.07 Å². The first-order valence-electron chi connectivity index (χ1n) is 5.44. The van der Waals surface area contributed by atoms with Gasteiger partial charge in [0, 0.05) is 13.1 Å². The fourth-order valence-corrected chi connectivity index (χ4v) is 1.68. The smallest absolute Gasteiger partial charge is 0.258 e. The minimum absolute atomic E-state index is 0.0505. The number of aryl methyl sites for hydroxylation is 1. The highest BCUT2D eigenvalue weighted by Crippen LogP contribution is 2.10. The van der Waals surface area contributed by atoms with Gasteiger partial charge in [0.1, 0.15) is 5.82 Å². The Balaban J connectivity index is 2.33. The van der Waals surface area contributed by atoms with Crippen LogP contribution in [0.1, 0.15) is 11.4 Å².